The molecule has 11 heteroatoms. The minimum absolute atomic E-state index is 0.0259. The van der Waals surface area contributed by atoms with Crippen molar-refractivity contribution in [2.45, 2.75) is 70.2 Å². The highest BCUT2D eigenvalue weighted by Gasteiger charge is 2.25. The quantitative estimate of drug-likeness (QED) is 0.235. The van der Waals surface area contributed by atoms with E-state index in [2.05, 4.69) is 30.1 Å². The molecule has 0 saturated heterocycles. The Balaban J connectivity index is 1.50. The summed E-state index contributed by atoms with van der Waals surface area (Å²) in [5.41, 5.74) is 3.71. The van der Waals surface area contributed by atoms with E-state index in [0.717, 1.165) is 29.8 Å². The third kappa shape index (κ3) is 5.78. The number of aryl methyl sites for hydroxylation is 1. The molecule has 38 heavy (non-hydrogen) atoms. The van der Waals surface area contributed by atoms with E-state index in [1.165, 1.54) is 0 Å². The Morgan fingerprint density at radius 1 is 1.24 bits per heavy atom. The van der Waals surface area contributed by atoms with Crippen molar-refractivity contribution < 1.29 is 14.6 Å². The number of carbonyl (C=O) groups excluding carboxylic acids is 1. The summed E-state index contributed by atoms with van der Waals surface area (Å²) in [5, 5.41) is 19.2. The SMILES string of the molecule is Cn1nc(-c2cnc3c(n2)c(C(=O)NC2CCC(O)CC2)cn3COCC[Si](C)(C)C)c2ccc(Cl)cc21. The van der Waals surface area contributed by atoms with E-state index in [1.54, 1.807) is 17.1 Å². The Morgan fingerprint density at radius 2 is 2.00 bits per heavy atom. The van der Waals surface area contributed by atoms with Gasteiger partial charge >= 0.3 is 0 Å². The van der Waals surface area contributed by atoms with Crippen LogP contribution in [0.4, 0.5) is 0 Å². The molecule has 0 bridgehead atoms. The van der Waals surface area contributed by atoms with Crippen molar-refractivity contribution in [2.24, 2.45) is 7.05 Å². The van der Waals surface area contributed by atoms with Gasteiger partial charge in [-0.25, -0.2) is 9.97 Å². The fraction of sp³-hybridized carbons (Fsp3) is 0.481. The number of rotatable bonds is 8. The Labute approximate surface area is 228 Å². The summed E-state index contributed by atoms with van der Waals surface area (Å²) in [6.45, 7) is 7.90. The van der Waals surface area contributed by atoms with E-state index in [1.807, 2.05) is 29.8 Å². The first-order valence-corrected chi connectivity index (χ1v) is 17.2. The van der Waals surface area contributed by atoms with Gasteiger partial charge in [0.2, 0.25) is 0 Å². The summed E-state index contributed by atoms with van der Waals surface area (Å²) in [5.74, 6) is -0.193. The van der Waals surface area contributed by atoms with Crippen LogP contribution in [0, 0.1) is 0 Å². The molecule has 9 nitrogen and oxygen atoms in total. The first-order valence-electron chi connectivity index (χ1n) is 13.1. The number of benzene rings is 1. The zero-order valence-electron chi connectivity index (χ0n) is 22.4. The number of fused-ring (bicyclic) bond motifs is 2. The van der Waals surface area contributed by atoms with E-state index in [9.17, 15) is 9.90 Å². The number of amides is 1. The zero-order chi connectivity index (χ0) is 27.0. The van der Waals surface area contributed by atoms with Crippen LogP contribution in [0.25, 0.3) is 33.5 Å². The molecule has 1 saturated carbocycles. The summed E-state index contributed by atoms with van der Waals surface area (Å²) in [7, 11) is 0.641. The number of hydrogen-bond donors (Lipinski definition) is 2. The van der Waals surface area contributed by atoms with Crippen LogP contribution in [-0.2, 0) is 18.5 Å². The average molecular weight is 555 g/mol. The van der Waals surface area contributed by atoms with Gasteiger partial charge in [0.1, 0.15) is 23.6 Å². The molecule has 0 spiro atoms. The minimum atomic E-state index is -1.22. The minimum Gasteiger partial charge on any atom is -0.393 e. The Kier molecular flexibility index (Phi) is 7.59. The van der Waals surface area contributed by atoms with Crippen LogP contribution >= 0.6 is 11.6 Å². The number of ether oxygens (including phenoxy) is 1. The second kappa shape index (κ2) is 10.8. The molecule has 1 fully saturated rings. The van der Waals surface area contributed by atoms with Gasteiger partial charge in [0.25, 0.3) is 5.91 Å². The molecule has 5 rings (SSSR count). The number of aromatic nitrogens is 5. The Hall–Kier alpha value is -2.79. The first-order chi connectivity index (χ1) is 18.1. The largest absolute Gasteiger partial charge is 0.393 e. The van der Waals surface area contributed by atoms with Crippen molar-refractivity contribution >= 4 is 47.6 Å². The lowest BCUT2D eigenvalue weighted by molar-refractivity contribution is 0.0858. The monoisotopic (exact) mass is 554 g/mol. The number of halogens is 1. The lowest BCUT2D eigenvalue weighted by Gasteiger charge is -2.26. The van der Waals surface area contributed by atoms with Crippen molar-refractivity contribution in [3.63, 3.8) is 0 Å². The molecule has 3 aromatic heterocycles. The molecule has 0 atom stereocenters. The number of nitrogens with one attached hydrogen (secondary N) is 1. The molecule has 0 radical (unpaired) electrons. The predicted octanol–water partition coefficient (Wildman–Crippen LogP) is 4.98. The summed E-state index contributed by atoms with van der Waals surface area (Å²) in [4.78, 5) is 23.1. The number of nitrogens with zero attached hydrogens (tertiary/aromatic N) is 5. The number of aliphatic hydroxyl groups excluding tert-OH is 1. The van der Waals surface area contributed by atoms with Crippen molar-refractivity contribution in [2.75, 3.05) is 6.61 Å². The summed E-state index contributed by atoms with van der Waals surface area (Å²) >= 11 is 6.21. The molecule has 1 aromatic carbocycles. The normalized spacial score (nSPS) is 18.4. The van der Waals surface area contributed by atoms with Crippen LogP contribution in [0.2, 0.25) is 30.7 Å². The standard InChI is InChI=1S/C27H35ClN6O3Si/c1-33-23-13-17(28)5-10-20(23)24(32-33)22-14-29-26-25(31-22)21(15-34(26)16-37-11-12-38(2,3)4)27(36)30-18-6-8-19(35)9-7-18/h5,10,13-15,18-19,35H,6-9,11-12,16H2,1-4H3,(H,30,36). The van der Waals surface area contributed by atoms with Gasteiger partial charge in [0.15, 0.2) is 5.65 Å². The molecule has 2 N–H and O–H groups in total. The fourth-order valence-corrected chi connectivity index (χ4v) is 5.80. The van der Waals surface area contributed by atoms with E-state index in [-0.39, 0.29) is 18.1 Å². The van der Waals surface area contributed by atoms with Crippen molar-refractivity contribution in [1.82, 2.24) is 29.6 Å². The average Bonchev–Trinajstić information content (AvgIpc) is 3.40. The molecule has 1 aliphatic carbocycles. The maximum Gasteiger partial charge on any atom is 0.255 e. The third-order valence-corrected chi connectivity index (χ3v) is 9.06. The molecular weight excluding hydrogens is 520 g/mol. The van der Waals surface area contributed by atoms with Gasteiger partial charge in [0.05, 0.1) is 23.4 Å². The topological polar surface area (TPSA) is 107 Å². The molecule has 3 heterocycles. The number of hydrogen-bond acceptors (Lipinski definition) is 6. The fourth-order valence-electron chi connectivity index (χ4n) is 4.87. The first kappa shape index (κ1) is 26.8. The van der Waals surface area contributed by atoms with E-state index < -0.39 is 8.07 Å². The van der Waals surface area contributed by atoms with E-state index in [0.29, 0.717) is 59.3 Å². The van der Waals surface area contributed by atoms with E-state index >= 15 is 0 Å². The van der Waals surface area contributed by atoms with Gasteiger partial charge in [0, 0.05) is 44.4 Å². The second-order valence-corrected chi connectivity index (χ2v) is 17.5. The molecule has 1 aliphatic rings. The smallest absolute Gasteiger partial charge is 0.255 e. The summed E-state index contributed by atoms with van der Waals surface area (Å²) < 4.78 is 9.61. The highest BCUT2D eigenvalue weighted by Crippen LogP contribution is 2.30. The van der Waals surface area contributed by atoms with Crippen LogP contribution in [0.3, 0.4) is 0 Å². The van der Waals surface area contributed by atoms with Crippen molar-refractivity contribution in [3.8, 4) is 11.4 Å². The second-order valence-electron chi connectivity index (χ2n) is 11.4. The zero-order valence-corrected chi connectivity index (χ0v) is 24.1. The molecule has 202 valence electrons. The molecular formula is C27H35ClN6O3Si. The number of carbonyl (C=O) groups is 1. The van der Waals surface area contributed by atoms with Crippen LogP contribution in [0.1, 0.15) is 36.0 Å². The third-order valence-electron chi connectivity index (χ3n) is 7.12. The van der Waals surface area contributed by atoms with Gasteiger partial charge in [-0.3, -0.25) is 9.48 Å². The van der Waals surface area contributed by atoms with Crippen LogP contribution in [0.15, 0.2) is 30.6 Å². The van der Waals surface area contributed by atoms with Gasteiger partial charge in [-0.2, -0.15) is 5.10 Å². The highest BCUT2D eigenvalue weighted by molar-refractivity contribution is 6.76. The van der Waals surface area contributed by atoms with Gasteiger partial charge < -0.3 is 19.7 Å². The molecule has 0 unspecified atom stereocenters. The van der Waals surface area contributed by atoms with Crippen LogP contribution in [0.5, 0.6) is 0 Å². The maximum atomic E-state index is 13.5. The van der Waals surface area contributed by atoms with Crippen molar-refractivity contribution in [3.05, 3.63) is 41.2 Å². The van der Waals surface area contributed by atoms with Crippen LogP contribution < -0.4 is 5.32 Å². The summed E-state index contributed by atoms with van der Waals surface area (Å²) in [6.07, 6.45) is 6.09. The van der Waals surface area contributed by atoms with E-state index in [4.69, 9.17) is 26.3 Å². The predicted molar refractivity (Wildman–Crippen MR) is 152 cm³/mol. The maximum absolute atomic E-state index is 13.5. The lowest BCUT2D eigenvalue weighted by atomic mass is 9.93. The molecule has 1 amide bonds. The lowest BCUT2D eigenvalue weighted by Crippen LogP contribution is -2.38. The van der Waals surface area contributed by atoms with Gasteiger partial charge in [-0.05, 0) is 49.9 Å². The van der Waals surface area contributed by atoms with Gasteiger partial charge in [-0.1, -0.05) is 31.2 Å². The molecule has 4 aromatic rings. The highest BCUT2D eigenvalue weighted by atomic mass is 35.5. The molecule has 0 aliphatic heterocycles. The number of aliphatic hydroxyl groups is 1. The summed E-state index contributed by atoms with van der Waals surface area (Å²) in [6, 6.07) is 6.70. The Bertz CT molecular complexity index is 1470. The van der Waals surface area contributed by atoms with Crippen LogP contribution in [-0.4, -0.2) is 62.2 Å². The van der Waals surface area contributed by atoms with Gasteiger partial charge in [-0.15, -0.1) is 0 Å². The Morgan fingerprint density at radius 3 is 2.74 bits per heavy atom. The van der Waals surface area contributed by atoms with Crippen molar-refractivity contribution in [1.29, 1.82) is 0 Å².